The fourth-order valence-electron chi connectivity index (χ4n) is 1.24. The van der Waals surface area contributed by atoms with Crippen molar-refractivity contribution < 1.29 is 9.47 Å². The molecule has 102 valence electrons. The van der Waals surface area contributed by atoms with E-state index in [2.05, 4.69) is 9.97 Å². The number of hydrogen-bond acceptors (Lipinski definition) is 4. The third kappa shape index (κ3) is 5.65. The van der Waals surface area contributed by atoms with E-state index in [-0.39, 0.29) is 11.5 Å². The Hall–Kier alpha value is -0.870. The molecule has 0 aromatic carbocycles. The quantitative estimate of drug-likeness (QED) is 0.608. The van der Waals surface area contributed by atoms with E-state index in [0.717, 1.165) is 0 Å². The predicted octanol–water partition coefficient (Wildman–Crippen LogP) is 3.45. The van der Waals surface area contributed by atoms with E-state index in [1.807, 2.05) is 34.6 Å². The summed E-state index contributed by atoms with van der Waals surface area (Å²) in [5, 5.41) is 0.403. The van der Waals surface area contributed by atoms with Crippen molar-refractivity contribution in [3.05, 3.63) is 17.0 Å². The van der Waals surface area contributed by atoms with Gasteiger partial charge in [0.25, 0.3) is 0 Å². The van der Waals surface area contributed by atoms with E-state index in [1.165, 1.54) is 0 Å². The maximum atomic E-state index is 5.92. The monoisotopic (exact) mass is 272 g/mol. The molecule has 1 rings (SSSR count). The molecule has 1 aromatic rings. The summed E-state index contributed by atoms with van der Waals surface area (Å²) in [5.74, 6) is 1.40. The van der Waals surface area contributed by atoms with Crippen LogP contribution in [0.5, 0.6) is 5.88 Å². The average molecular weight is 273 g/mol. The molecule has 5 heteroatoms. The van der Waals surface area contributed by atoms with Crippen LogP contribution in [0.4, 0.5) is 0 Å². The Morgan fingerprint density at radius 3 is 2.44 bits per heavy atom. The van der Waals surface area contributed by atoms with Gasteiger partial charge in [0.1, 0.15) is 17.6 Å². The highest BCUT2D eigenvalue weighted by molar-refractivity contribution is 6.29. The topological polar surface area (TPSA) is 44.2 Å². The van der Waals surface area contributed by atoms with E-state index in [4.69, 9.17) is 21.1 Å². The van der Waals surface area contributed by atoms with Crippen molar-refractivity contribution in [3.63, 3.8) is 0 Å². The lowest BCUT2D eigenvalue weighted by atomic mass is 10.2. The number of ether oxygens (including phenoxy) is 2. The minimum atomic E-state index is -0.157. The standard InChI is InChI=1S/C13H21ClN2O2/c1-9(2)12-15-10(14)8-11(16-12)17-6-7-18-13(3,4)5/h8-9H,6-7H2,1-5H3. The molecule has 0 aliphatic heterocycles. The van der Waals surface area contributed by atoms with Crippen LogP contribution >= 0.6 is 11.6 Å². The minimum absolute atomic E-state index is 0.157. The van der Waals surface area contributed by atoms with Crippen molar-refractivity contribution in [2.45, 2.75) is 46.1 Å². The second-order valence-corrected chi connectivity index (χ2v) is 5.74. The predicted molar refractivity (Wildman–Crippen MR) is 72.3 cm³/mol. The Labute approximate surface area is 114 Å². The summed E-state index contributed by atoms with van der Waals surface area (Å²) in [6.45, 7) is 11.0. The maximum Gasteiger partial charge on any atom is 0.218 e. The molecule has 0 bridgehead atoms. The molecule has 0 N–H and O–H groups in total. The smallest absolute Gasteiger partial charge is 0.218 e. The maximum absolute atomic E-state index is 5.92. The third-order valence-electron chi connectivity index (χ3n) is 2.07. The molecule has 0 amide bonds. The first kappa shape index (κ1) is 15.2. The summed E-state index contributed by atoms with van der Waals surface area (Å²) < 4.78 is 11.1. The van der Waals surface area contributed by atoms with E-state index in [0.29, 0.717) is 30.1 Å². The zero-order valence-electron chi connectivity index (χ0n) is 11.7. The summed E-state index contributed by atoms with van der Waals surface area (Å²) in [4.78, 5) is 8.44. The van der Waals surface area contributed by atoms with Crippen LogP contribution in [0.1, 0.15) is 46.4 Å². The molecule has 0 saturated heterocycles. The van der Waals surface area contributed by atoms with Crippen LogP contribution in [0, 0.1) is 0 Å². The summed E-state index contributed by atoms with van der Waals surface area (Å²) in [6.07, 6.45) is 0. The molecule has 1 aromatic heterocycles. The summed E-state index contributed by atoms with van der Waals surface area (Å²) >= 11 is 5.92. The van der Waals surface area contributed by atoms with Crippen LogP contribution in [0.25, 0.3) is 0 Å². The van der Waals surface area contributed by atoms with E-state index in [1.54, 1.807) is 6.07 Å². The van der Waals surface area contributed by atoms with Gasteiger partial charge < -0.3 is 9.47 Å². The molecule has 0 atom stereocenters. The number of halogens is 1. The van der Waals surface area contributed by atoms with Gasteiger partial charge in [0.2, 0.25) is 5.88 Å². The van der Waals surface area contributed by atoms with Crippen molar-refractivity contribution in [1.29, 1.82) is 0 Å². The van der Waals surface area contributed by atoms with E-state index < -0.39 is 0 Å². The molecule has 0 saturated carbocycles. The van der Waals surface area contributed by atoms with Gasteiger partial charge in [-0.25, -0.2) is 4.98 Å². The molecule has 0 unspecified atom stereocenters. The van der Waals surface area contributed by atoms with E-state index in [9.17, 15) is 0 Å². The molecule has 0 aliphatic rings. The van der Waals surface area contributed by atoms with Gasteiger partial charge in [-0.3, -0.25) is 0 Å². The fraction of sp³-hybridized carbons (Fsp3) is 0.692. The Morgan fingerprint density at radius 1 is 1.22 bits per heavy atom. The highest BCUT2D eigenvalue weighted by Gasteiger charge is 2.10. The van der Waals surface area contributed by atoms with Crippen molar-refractivity contribution in [1.82, 2.24) is 9.97 Å². The lowest BCUT2D eigenvalue weighted by Crippen LogP contribution is -2.22. The molecule has 0 aliphatic carbocycles. The molecule has 0 spiro atoms. The second-order valence-electron chi connectivity index (χ2n) is 5.35. The van der Waals surface area contributed by atoms with Crippen molar-refractivity contribution >= 4 is 11.6 Å². The normalized spacial score (nSPS) is 11.9. The molecule has 0 fully saturated rings. The van der Waals surface area contributed by atoms with Crippen molar-refractivity contribution in [2.24, 2.45) is 0 Å². The number of nitrogens with zero attached hydrogens (tertiary/aromatic N) is 2. The SMILES string of the molecule is CC(C)c1nc(Cl)cc(OCCOC(C)(C)C)n1. The highest BCUT2D eigenvalue weighted by Crippen LogP contribution is 2.18. The van der Waals surface area contributed by atoms with Gasteiger partial charge in [0, 0.05) is 12.0 Å². The lowest BCUT2D eigenvalue weighted by molar-refractivity contribution is -0.0168. The molecule has 4 nitrogen and oxygen atoms in total. The van der Waals surface area contributed by atoms with E-state index >= 15 is 0 Å². The van der Waals surface area contributed by atoms with Crippen molar-refractivity contribution in [2.75, 3.05) is 13.2 Å². The van der Waals surface area contributed by atoms with Gasteiger partial charge >= 0.3 is 0 Å². The fourth-order valence-corrected chi connectivity index (χ4v) is 1.42. The lowest BCUT2D eigenvalue weighted by Gasteiger charge is -2.19. The first-order chi connectivity index (χ1) is 8.28. The van der Waals surface area contributed by atoms with Gasteiger partial charge in [0.05, 0.1) is 12.2 Å². The van der Waals surface area contributed by atoms with Gasteiger partial charge in [0.15, 0.2) is 0 Å². The van der Waals surface area contributed by atoms with Gasteiger partial charge in [-0.15, -0.1) is 0 Å². The Kier molecular flexibility index (Phi) is 5.35. The van der Waals surface area contributed by atoms with Crippen LogP contribution in [0.2, 0.25) is 5.15 Å². The Morgan fingerprint density at radius 2 is 1.89 bits per heavy atom. The largest absolute Gasteiger partial charge is 0.475 e. The first-order valence-electron chi connectivity index (χ1n) is 6.09. The molecular formula is C13H21ClN2O2. The molecule has 18 heavy (non-hydrogen) atoms. The van der Waals surface area contributed by atoms with Crippen LogP contribution in [0.15, 0.2) is 6.07 Å². The number of aromatic nitrogens is 2. The van der Waals surface area contributed by atoms with Crippen LogP contribution in [0.3, 0.4) is 0 Å². The first-order valence-corrected chi connectivity index (χ1v) is 6.47. The molecule has 1 heterocycles. The van der Waals surface area contributed by atoms with Crippen LogP contribution in [-0.4, -0.2) is 28.8 Å². The van der Waals surface area contributed by atoms with Gasteiger partial charge in [-0.1, -0.05) is 25.4 Å². The van der Waals surface area contributed by atoms with Crippen LogP contribution in [-0.2, 0) is 4.74 Å². The zero-order chi connectivity index (χ0) is 13.8. The van der Waals surface area contributed by atoms with Crippen molar-refractivity contribution in [3.8, 4) is 5.88 Å². The second kappa shape index (κ2) is 6.34. The number of hydrogen-bond donors (Lipinski definition) is 0. The van der Waals surface area contributed by atoms with Crippen LogP contribution < -0.4 is 4.74 Å². The highest BCUT2D eigenvalue weighted by atomic mass is 35.5. The molecule has 0 radical (unpaired) electrons. The van der Waals surface area contributed by atoms with Gasteiger partial charge in [-0.05, 0) is 20.8 Å². The average Bonchev–Trinajstić information content (AvgIpc) is 2.22. The van der Waals surface area contributed by atoms with Gasteiger partial charge in [-0.2, -0.15) is 4.98 Å². The third-order valence-corrected chi connectivity index (χ3v) is 2.27. The summed E-state index contributed by atoms with van der Waals surface area (Å²) in [6, 6.07) is 1.62. The minimum Gasteiger partial charge on any atom is -0.475 e. The zero-order valence-corrected chi connectivity index (χ0v) is 12.4. The Bertz CT molecular complexity index is 389. The number of rotatable bonds is 5. The summed E-state index contributed by atoms with van der Waals surface area (Å²) in [7, 11) is 0. The molecular weight excluding hydrogens is 252 g/mol. The Balaban J connectivity index is 2.52. The summed E-state index contributed by atoms with van der Waals surface area (Å²) in [5.41, 5.74) is -0.157.